The van der Waals surface area contributed by atoms with Crippen molar-refractivity contribution in [2.75, 3.05) is 0 Å². The van der Waals surface area contributed by atoms with Crippen LogP contribution in [0.5, 0.6) is 0 Å². The fourth-order valence-electron chi connectivity index (χ4n) is 3.62. The zero-order chi connectivity index (χ0) is 24.2. The highest BCUT2D eigenvalue weighted by Gasteiger charge is 2.44. The maximum absolute atomic E-state index is 13.8. The molecular formula is C25H39N3O4. The van der Waals surface area contributed by atoms with Crippen molar-refractivity contribution in [1.82, 2.24) is 15.5 Å². The molecule has 32 heavy (non-hydrogen) atoms. The molecule has 2 unspecified atom stereocenters. The van der Waals surface area contributed by atoms with E-state index in [9.17, 15) is 14.4 Å². The molecule has 7 nitrogen and oxygen atoms in total. The first-order chi connectivity index (χ1) is 14.8. The molecule has 1 aliphatic rings. The molecule has 1 aromatic rings. The number of hydrogen-bond donors (Lipinski definition) is 2. The van der Waals surface area contributed by atoms with Crippen molar-refractivity contribution in [2.45, 2.75) is 98.0 Å². The van der Waals surface area contributed by atoms with E-state index < -0.39 is 23.8 Å². The summed E-state index contributed by atoms with van der Waals surface area (Å²) in [6.45, 7) is 14.8. The topological polar surface area (TPSA) is 87.7 Å². The summed E-state index contributed by atoms with van der Waals surface area (Å²) in [5.74, 6) is -0.660. The van der Waals surface area contributed by atoms with Gasteiger partial charge in [-0.05, 0) is 65.9 Å². The molecule has 2 N–H and O–H groups in total. The van der Waals surface area contributed by atoms with Crippen molar-refractivity contribution in [2.24, 2.45) is 5.92 Å². The molecule has 1 aromatic carbocycles. The standard InChI is InChI=1S/C25H39N3O4/c1-15(2)20(27-24(31)32-25(6,7)8)23(30)28(19-12-13-19)21(22(29)26-16(3)4)18-11-9-10-17(5)14-18/h9-11,14-16,19-21H,12-13H2,1-8H3,(H,26,29)(H,27,31). The van der Waals surface area contributed by atoms with Crippen LogP contribution in [0.25, 0.3) is 0 Å². The molecule has 0 aromatic heterocycles. The predicted octanol–water partition coefficient (Wildman–Crippen LogP) is 4.10. The fraction of sp³-hybridized carbons (Fsp3) is 0.640. The number of carbonyl (C=O) groups is 3. The number of ether oxygens (including phenoxy) is 1. The summed E-state index contributed by atoms with van der Waals surface area (Å²) in [6, 6.07) is 6.02. The Morgan fingerprint density at radius 2 is 1.69 bits per heavy atom. The molecule has 2 rings (SSSR count). The number of hydrogen-bond acceptors (Lipinski definition) is 4. The molecule has 178 valence electrons. The van der Waals surface area contributed by atoms with Gasteiger partial charge in [0.05, 0.1) is 0 Å². The van der Waals surface area contributed by atoms with Crippen LogP contribution in [-0.2, 0) is 14.3 Å². The first-order valence-electron chi connectivity index (χ1n) is 11.5. The van der Waals surface area contributed by atoms with Crippen molar-refractivity contribution in [1.29, 1.82) is 0 Å². The monoisotopic (exact) mass is 445 g/mol. The van der Waals surface area contributed by atoms with Crippen LogP contribution in [0.3, 0.4) is 0 Å². The number of aryl methyl sites for hydroxylation is 1. The van der Waals surface area contributed by atoms with E-state index in [1.807, 2.05) is 58.9 Å². The third-order valence-corrected chi connectivity index (χ3v) is 5.12. The molecule has 1 saturated carbocycles. The van der Waals surface area contributed by atoms with Gasteiger partial charge in [0.2, 0.25) is 11.8 Å². The van der Waals surface area contributed by atoms with Gasteiger partial charge < -0.3 is 20.3 Å². The Balaban J connectivity index is 2.42. The second kappa shape index (κ2) is 10.4. The van der Waals surface area contributed by atoms with Crippen LogP contribution in [0.15, 0.2) is 24.3 Å². The number of amides is 3. The van der Waals surface area contributed by atoms with Crippen LogP contribution in [0.1, 0.15) is 78.5 Å². The lowest BCUT2D eigenvalue weighted by molar-refractivity contribution is -0.144. The molecule has 0 radical (unpaired) electrons. The molecule has 0 spiro atoms. The summed E-state index contributed by atoms with van der Waals surface area (Å²) < 4.78 is 5.39. The Kier molecular flexibility index (Phi) is 8.32. The molecule has 2 atom stereocenters. The Morgan fingerprint density at radius 3 is 2.16 bits per heavy atom. The van der Waals surface area contributed by atoms with Gasteiger partial charge in [-0.3, -0.25) is 9.59 Å². The number of rotatable bonds is 8. The largest absolute Gasteiger partial charge is 0.444 e. The molecule has 0 heterocycles. The van der Waals surface area contributed by atoms with Gasteiger partial charge in [-0.2, -0.15) is 0 Å². The van der Waals surface area contributed by atoms with Crippen LogP contribution in [0, 0.1) is 12.8 Å². The zero-order valence-corrected chi connectivity index (χ0v) is 20.7. The Hall–Kier alpha value is -2.57. The SMILES string of the molecule is Cc1cccc(C(C(=O)NC(C)C)N(C(=O)C(NC(=O)OC(C)(C)C)C(C)C)C2CC2)c1. The third-order valence-electron chi connectivity index (χ3n) is 5.12. The first kappa shape index (κ1) is 25.7. The van der Waals surface area contributed by atoms with E-state index in [0.717, 1.165) is 24.0 Å². The second-order valence-electron chi connectivity index (χ2n) is 10.3. The minimum absolute atomic E-state index is 0.0346. The molecule has 1 fully saturated rings. The van der Waals surface area contributed by atoms with E-state index in [4.69, 9.17) is 4.74 Å². The minimum atomic E-state index is -0.801. The van der Waals surface area contributed by atoms with E-state index in [1.165, 1.54) is 0 Å². The average molecular weight is 446 g/mol. The van der Waals surface area contributed by atoms with Gasteiger partial charge in [-0.15, -0.1) is 0 Å². The van der Waals surface area contributed by atoms with Crippen molar-refractivity contribution in [3.05, 3.63) is 35.4 Å². The molecule has 3 amide bonds. The molecule has 0 aliphatic heterocycles. The van der Waals surface area contributed by atoms with Gasteiger partial charge in [0.15, 0.2) is 0 Å². The Labute approximate surface area is 192 Å². The summed E-state index contributed by atoms with van der Waals surface area (Å²) in [7, 11) is 0. The Morgan fingerprint density at radius 1 is 1.06 bits per heavy atom. The van der Waals surface area contributed by atoms with Gasteiger partial charge in [-0.25, -0.2) is 4.79 Å². The van der Waals surface area contributed by atoms with E-state index in [2.05, 4.69) is 10.6 Å². The summed E-state index contributed by atoms with van der Waals surface area (Å²) in [5.41, 5.74) is 1.11. The maximum atomic E-state index is 13.8. The van der Waals surface area contributed by atoms with Gasteiger partial charge in [0.25, 0.3) is 0 Å². The fourth-order valence-corrected chi connectivity index (χ4v) is 3.62. The zero-order valence-electron chi connectivity index (χ0n) is 20.7. The summed E-state index contributed by atoms with van der Waals surface area (Å²) in [4.78, 5) is 41.3. The lowest BCUT2D eigenvalue weighted by Crippen LogP contribution is -2.55. The highest BCUT2D eigenvalue weighted by molar-refractivity contribution is 5.92. The number of alkyl carbamates (subject to hydrolysis) is 1. The lowest BCUT2D eigenvalue weighted by atomic mass is 9.97. The lowest BCUT2D eigenvalue weighted by Gasteiger charge is -2.36. The van der Waals surface area contributed by atoms with E-state index >= 15 is 0 Å². The number of carbonyl (C=O) groups excluding carboxylic acids is 3. The van der Waals surface area contributed by atoms with E-state index in [1.54, 1.807) is 25.7 Å². The normalized spacial score (nSPS) is 15.8. The summed E-state index contributed by atoms with van der Waals surface area (Å²) in [6.07, 6.45) is 1.03. The molecule has 0 saturated heterocycles. The van der Waals surface area contributed by atoms with E-state index in [-0.39, 0.29) is 29.8 Å². The summed E-state index contributed by atoms with van der Waals surface area (Å²) >= 11 is 0. The summed E-state index contributed by atoms with van der Waals surface area (Å²) in [5, 5.41) is 5.72. The third kappa shape index (κ3) is 7.24. The van der Waals surface area contributed by atoms with Gasteiger partial charge in [-0.1, -0.05) is 43.7 Å². The van der Waals surface area contributed by atoms with Crippen LogP contribution in [0.4, 0.5) is 4.79 Å². The van der Waals surface area contributed by atoms with Crippen LogP contribution in [0.2, 0.25) is 0 Å². The van der Waals surface area contributed by atoms with Crippen LogP contribution in [-0.4, -0.2) is 46.5 Å². The molecular weight excluding hydrogens is 406 g/mol. The quantitative estimate of drug-likeness (QED) is 0.631. The van der Waals surface area contributed by atoms with Gasteiger partial charge >= 0.3 is 6.09 Å². The minimum Gasteiger partial charge on any atom is -0.444 e. The van der Waals surface area contributed by atoms with Crippen LogP contribution >= 0.6 is 0 Å². The Bertz CT molecular complexity index is 825. The van der Waals surface area contributed by atoms with Gasteiger partial charge in [0.1, 0.15) is 17.7 Å². The average Bonchev–Trinajstić information content (AvgIpc) is 3.46. The van der Waals surface area contributed by atoms with E-state index in [0.29, 0.717) is 0 Å². The highest BCUT2D eigenvalue weighted by atomic mass is 16.6. The molecule has 0 bridgehead atoms. The highest BCUT2D eigenvalue weighted by Crippen LogP contribution is 2.36. The van der Waals surface area contributed by atoms with Crippen molar-refractivity contribution in [3.63, 3.8) is 0 Å². The number of nitrogens with zero attached hydrogens (tertiary/aromatic N) is 1. The van der Waals surface area contributed by atoms with Gasteiger partial charge in [0, 0.05) is 12.1 Å². The first-order valence-corrected chi connectivity index (χ1v) is 11.5. The molecule has 7 heteroatoms. The predicted molar refractivity (Wildman–Crippen MR) is 125 cm³/mol. The number of nitrogens with one attached hydrogen (secondary N) is 2. The second-order valence-corrected chi connectivity index (χ2v) is 10.3. The van der Waals surface area contributed by atoms with Crippen molar-refractivity contribution >= 4 is 17.9 Å². The molecule has 1 aliphatic carbocycles. The van der Waals surface area contributed by atoms with Crippen molar-refractivity contribution in [3.8, 4) is 0 Å². The number of benzene rings is 1. The van der Waals surface area contributed by atoms with Crippen molar-refractivity contribution < 1.29 is 19.1 Å². The van der Waals surface area contributed by atoms with Crippen LogP contribution < -0.4 is 10.6 Å². The maximum Gasteiger partial charge on any atom is 0.408 e. The smallest absolute Gasteiger partial charge is 0.408 e.